The maximum atomic E-state index is 11.7. The molecule has 1 aromatic rings. The lowest BCUT2D eigenvalue weighted by atomic mass is 10.4. The SMILES string of the molecule is O=S(=O)(NC[C]1CC1)c1cccnc1Cl. The van der Waals surface area contributed by atoms with Crippen molar-refractivity contribution in [2.75, 3.05) is 6.54 Å². The fraction of sp³-hybridized carbons (Fsp3) is 0.333. The van der Waals surface area contributed by atoms with Crippen molar-refractivity contribution in [2.45, 2.75) is 17.7 Å². The molecule has 81 valence electrons. The summed E-state index contributed by atoms with van der Waals surface area (Å²) < 4.78 is 26.0. The lowest BCUT2D eigenvalue weighted by Gasteiger charge is -2.06. The molecule has 1 aromatic heterocycles. The Morgan fingerprint density at radius 1 is 1.47 bits per heavy atom. The van der Waals surface area contributed by atoms with Gasteiger partial charge in [0.25, 0.3) is 0 Å². The van der Waals surface area contributed by atoms with Crippen LogP contribution in [0.3, 0.4) is 0 Å². The second-order valence-corrected chi connectivity index (χ2v) is 5.46. The number of aromatic nitrogens is 1. The summed E-state index contributed by atoms with van der Waals surface area (Å²) in [5, 5.41) is 0.00537. The van der Waals surface area contributed by atoms with Crippen LogP contribution in [0, 0.1) is 5.92 Å². The third kappa shape index (κ3) is 2.68. The molecule has 0 bridgehead atoms. The Morgan fingerprint density at radius 3 is 2.80 bits per heavy atom. The van der Waals surface area contributed by atoms with E-state index < -0.39 is 10.0 Å². The van der Waals surface area contributed by atoms with E-state index >= 15 is 0 Å². The number of nitrogens with one attached hydrogen (secondary N) is 1. The van der Waals surface area contributed by atoms with E-state index in [1.54, 1.807) is 6.07 Å². The maximum Gasteiger partial charge on any atom is 0.243 e. The normalized spacial score (nSPS) is 16.6. The summed E-state index contributed by atoms with van der Waals surface area (Å²) in [6, 6.07) is 2.99. The second kappa shape index (κ2) is 4.08. The van der Waals surface area contributed by atoms with Crippen LogP contribution in [0.2, 0.25) is 5.15 Å². The van der Waals surface area contributed by atoms with Crippen LogP contribution in [-0.4, -0.2) is 19.9 Å². The number of hydrogen-bond donors (Lipinski definition) is 1. The van der Waals surface area contributed by atoms with Crippen molar-refractivity contribution >= 4 is 21.6 Å². The minimum absolute atomic E-state index is 0.00537. The van der Waals surface area contributed by atoms with Crippen LogP contribution in [0.15, 0.2) is 23.2 Å². The van der Waals surface area contributed by atoms with Gasteiger partial charge in [0.15, 0.2) is 0 Å². The minimum Gasteiger partial charge on any atom is -0.243 e. The Hall–Kier alpha value is -0.650. The molecule has 15 heavy (non-hydrogen) atoms. The highest BCUT2D eigenvalue weighted by molar-refractivity contribution is 7.89. The van der Waals surface area contributed by atoms with Gasteiger partial charge in [0.1, 0.15) is 10.0 Å². The lowest BCUT2D eigenvalue weighted by molar-refractivity contribution is 0.583. The molecule has 4 nitrogen and oxygen atoms in total. The van der Waals surface area contributed by atoms with Crippen LogP contribution in [0.1, 0.15) is 12.8 Å². The molecule has 0 unspecified atom stereocenters. The van der Waals surface area contributed by atoms with E-state index in [4.69, 9.17) is 11.6 Å². The van der Waals surface area contributed by atoms with Crippen molar-refractivity contribution in [3.8, 4) is 0 Å². The van der Waals surface area contributed by atoms with E-state index in [1.807, 2.05) is 0 Å². The molecule has 1 aliphatic rings. The Balaban J connectivity index is 2.16. The lowest BCUT2D eigenvalue weighted by Crippen LogP contribution is -2.25. The summed E-state index contributed by atoms with van der Waals surface area (Å²) in [4.78, 5) is 3.76. The zero-order valence-electron chi connectivity index (χ0n) is 7.90. The minimum atomic E-state index is -3.51. The fourth-order valence-corrected chi connectivity index (χ4v) is 2.62. The molecule has 1 aliphatic carbocycles. The zero-order chi connectivity index (χ0) is 10.9. The molecule has 2 rings (SSSR count). The van der Waals surface area contributed by atoms with Gasteiger partial charge in [-0.05, 0) is 30.9 Å². The molecule has 1 heterocycles. The number of pyridine rings is 1. The molecule has 1 fully saturated rings. The van der Waals surface area contributed by atoms with Crippen LogP contribution >= 0.6 is 11.6 Å². The van der Waals surface area contributed by atoms with Gasteiger partial charge in [-0.2, -0.15) is 0 Å². The molecule has 0 amide bonds. The summed E-state index contributed by atoms with van der Waals surface area (Å²) in [7, 11) is -3.51. The second-order valence-electron chi connectivity index (χ2n) is 3.37. The van der Waals surface area contributed by atoms with E-state index in [-0.39, 0.29) is 10.0 Å². The number of halogens is 1. The van der Waals surface area contributed by atoms with Crippen molar-refractivity contribution in [3.63, 3.8) is 0 Å². The number of nitrogens with zero attached hydrogens (tertiary/aromatic N) is 1. The standard InChI is InChI=1S/C9H10ClN2O2S/c10-9-8(2-1-5-11-9)15(13,14)12-6-7-3-4-7/h1-2,5,12H,3-4,6H2. The first-order chi connectivity index (χ1) is 7.09. The smallest absolute Gasteiger partial charge is 0.243 e. The van der Waals surface area contributed by atoms with E-state index in [2.05, 4.69) is 9.71 Å². The molecular weight excluding hydrogens is 236 g/mol. The average molecular weight is 246 g/mol. The van der Waals surface area contributed by atoms with E-state index in [0.29, 0.717) is 6.54 Å². The quantitative estimate of drug-likeness (QED) is 0.816. The summed E-state index contributed by atoms with van der Waals surface area (Å²) in [5.74, 6) is 1.22. The Labute approximate surface area is 93.7 Å². The number of hydrogen-bond acceptors (Lipinski definition) is 3. The van der Waals surface area contributed by atoms with Gasteiger partial charge in [0, 0.05) is 12.7 Å². The van der Waals surface area contributed by atoms with Crippen molar-refractivity contribution in [2.24, 2.45) is 0 Å². The largest absolute Gasteiger partial charge is 0.243 e. The molecule has 0 aliphatic heterocycles. The van der Waals surface area contributed by atoms with Gasteiger partial charge >= 0.3 is 0 Å². The first kappa shape index (κ1) is 10.9. The predicted octanol–water partition coefficient (Wildman–Crippen LogP) is 1.38. The van der Waals surface area contributed by atoms with Crippen LogP contribution in [-0.2, 0) is 10.0 Å². The summed E-state index contributed by atoms with van der Waals surface area (Å²) in [5.41, 5.74) is 0. The topological polar surface area (TPSA) is 59.1 Å². The highest BCUT2D eigenvalue weighted by Gasteiger charge is 2.25. The average Bonchev–Trinajstić information content (AvgIpc) is 2.99. The third-order valence-corrected chi connectivity index (χ3v) is 3.98. The Morgan fingerprint density at radius 2 is 2.20 bits per heavy atom. The highest BCUT2D eigenvalue weighted by atomic mass is 35.5. The van der Waals surface area contributed by atoms with E-state index in [0.717, 1.165) is 12.8 Å². The van der Waals surface area contributed by atoms with Crippen LogP contribution in [0.25, 0.3) is 0 Å². The van der Waals surface area contributed by atoms with Crippen molar-refractivity contribution in [1.29, 1.82) is 0 Å². The summed E-state index contributed by atoms with van der Waals surface area (Å²) in [6.45, 7) is 0.410. The first-order valence-electron chi connectivity index (χ1n) is 4.53. The molecule has 0 saturated heterocycles. The summed E-state index contributed by atoms with van der Waals surface area (Å²) >= 11 is 5.70. The van der Waals surface area contributed by atoms with Gasteiger partial charge in [-0.1, -0.05) is 11.6 Å². The van der Waals surface area contributed by atoms with E-state index in [9.17, 15) is 8.42 Å². The molecule has 0 atom stereocenters. The molecule has 6 heteroatoms. The number of sulfonamides is 1. The van der Waals surface area contributed by atoms with Crippen LogP contribution < -0.4 is 4.72 Å². The third-order valence-electron chi connectivity index (χ3n) is 2.13. The van der Waals surface area contributed by atoms with Crippen LogP contribution in [0.4, 0.5) is 0 Å². The maximum absolute atomic E-state index is 11.7. The van der Waals surface area contributed by atoms with Crippen molar-refractivity contribution in [3.05, 3.63) is 29.4 Å². The van der Waals surface area contributed by atoms with Gasteiger partial charge < -0.3 is 0 Å². The van der Waals surface area contributed by atoms with E-state index in [1.165, 1.54) is 18.2 Å². The zero-order valence-corrected chi connectivity index (χ0v) is 9.48. The summed E-state index contributed by atoms with van der Waals surface area (Å²) in [6.07, 6.45) is 3.49. The van der Waals surface area contributed by atoms with Gasteiger partial charge in [-0.3, -0.25) is 0 Å². The first-order valence-corrected chi connectivity index (χ1v) is 6.39. The molecule has 1 saturated carbocycles. The fourth-order valence-electron chi connectivity index (χ4n) is 1.11. The van der Waals surface area contributed by atoms with Gasteiger partial charge in [0.2, 0.25) is 10.0 Å². The monoisotopic (exact) mass is 245 g/mol. The molecular formula is C9H10ClN2O2S. The van der Waals surface area contributed by atoms with Gasteiger partial charge in [0.05, 0.1) is 0 Å². The van der Waals surface area contributed by atoms with Crippen molar-refractivity contribution in [1.82, 2.24) is 9.71 Å². The predicted molar refractivity (Wildman–Crippen MR) is 56.9 cm³/mol. The highest BCUT2D eigenvalue weighted by Crippen LogP contribution is 2.31. The number of rotatable bonds is 4. The Bertz CT molecular complexity index is 457. The van der Waals surface area contributed by atoms with Gasteiger partial charge in [-0.25, -0.2) is 18.1 Å². The van der Waals surface area contributed by atoms with Crippen LogP contribution in [0.5, 0.6) is 0 Å². The molecule has 0 aromatic carbocycles. The van der Waals surface area contributed by atoms with Gasteiger partial charge in [-0.15, -0.1) is 0 Å². The molecule has 1 N–H and O–H groups in total. The van der Waals surface area contributed by atoms with Crippen molar-refractivity contribution < 1.29 is 8.42 Å². The molecule has 1 radical (unpaired) electrons. The molecule has 0 spiro atoms. The Kier molecular flexibility index (Phi) is 2.95.